The first-order valence-electron chi connectivity index (χ1n) is 10.4. The second-order valence-electron chi connectivity index (χ2n) is 8.57. The summed E-state index contributed by atoms with van der Waals surface area (Å²) in [7, 11) is -0.165. The molecule has 29 heavy (non-hydrogen) atoms. The molecule has 1 N–H and O–H groups in total. The molecule has 1 saturated heterocycles. The molecule has 1 unspecified atom stereocenters. The SMILES string of the molecule is COc1ccc(NC(=O)C2CN(S(=O)(=O)C3CC3)CC23CCCCC3)c(OC)c1. The molecular formula is C21H30N2O5S. The Kier molecular flexibility index (Phi) is 5.50. The van der Waals surface area contributed by atoms with Gasteiger partial charge < -0.3 is 14.8 Å². The molecule has 0 radical (unpaired) electrons. The molecule has 0 bridgehead atoms. The van der Waals surface area contributed by atoms with Gasteiger partial charge in [0.05, 0.1) is 31.1 Å². The summed E-state index contributed by atoms with van der Waals surface area (Å²) in [5.41, 5.74) is 0.317. The number of anilines is 1. The summed E-state index contributed by atoms with van der Waals surface area (Å²) in [5, 5.41) is 2.76. The van der Waals surface area contributed by atoms with E-state index in [2.05, 4.69) is 5.32 Å². The first-order chi connectivity index (χ1) is 13.9. The van der Waals surface area contributed by atoms with E-state index in [0.717, 1.165) is 44.9 Å². The minimum atomic E-state index is -3.29. The van der Waals surface area contributed by atoms with Crippen LogP contribution in [-0.4, -0.2) is 51.2 Å². The molecule has 3 fully saturated rings. The zero-order valence-corrected chi connectivity index (χ0v) is 18.0. The summed E-state index contributed by atoms with van der Waals surface area (Å²) >= 11 is 0. The van der Waals surface area contributed by atoms with Gasteiger partial charge in [0.25, 0.3) is 0 Å². The van der Waals surface area contributed by atoms with Crippen molar-refractivity contribution in [1.82, 2.24) is 4.31 Å². The van der Waals surface area contributed by atoms with Gasteiger partial charge in [-0.05, 0) is 43.2 Å². The van der Waals surface area contributed by atoms with Gasteiger partial charge in [-0.1, -0.05) is 19.3 Å². The van der Waals surface area contributed by atoms with E-state index in [1.54, 1.807) is 36.7 Å². The van der Waals surface area contributed by atoms with Crippen molar-refractivity contribution in [2.75, 3.05) is 32.6 Å². The van der Waals surface area contributed by atoms with Gasteiger partial charge in [-0.15, -0.1) is 0 Å². The summed E-state index contributed by atoms with van der Waals surface area (Å²) in [6, 6.07) is 5.26. The zero-order valence-electron chi connectivity index (χ0n) is 17.1. The van der Waals surface area contributed by atoms with Crippen LogP contribution in [0.3, 0.4) is 0 Å². The van der Waals surface area contributed by atoms with Crippen molar-refractivity contribution < 1.29 is 22.7 Å². The number of nitrogens with one attached hydrogen (secondary N) is 1. The van der Waals surface area contributed by atoms with Crippen LogP contribution >= 0.6 is 0 Å². The molecule has 1 heterocycles. The van der Waals surface area contributed by atoms with Crippen molar-refractivity contribution >= 4 is 21.6 Å². The molecule has 160 valence electrons. The third kappa shape index (κ3) is 3.84. The molecule has 4 rings (SSSR count). The Morgan fingerprint density at radius 2 is 1.86 bits per heavy atom. The number of amides is 1. The largest absolute Gasteiger partial charge is 0.497 e. The third-order valence-corrected chi connectivity index (χ3v) is 9.07. The number of hydrogen-bond donors (Lipinski definition) is 1. The molecule has 1 atom stereocenters. The second kappa shape index (κ2) is 7.80. The number of methoxy groups -OCH3 is 2. The first-order valence-corrected chi connectivity index (χ1v) is 11.9. The molecule has 2 saturated carbocycles. The van der Waals surface area contributed by atoms with Crippen molar-refractivity contribution in [3.05, 3.63) is 18.2 Å². The third-order valence-electron chi connectivity index (χ3n) is 6.75. The lowest BCUT2D eigenvalue weighted by Crippen LogP contribution is -2.39. The van der Waals surface area contributed by atoms with E-state index in [1.165, 1.54) is 0 Å². The van der Waals surface area contributed by atoms with E-state index in [0.29, 0.717) is 23.7 Å². The quantitative estimate of drug-likeness (QED) is 0.762. The van der Waals surface area contributed by atoms with Crippen LogP contribution in [0, 0.1) is 11.3 Å². The maximum atomic E-state index is 13.3. The summed E-state index contributed by atoms with van der Waals surface area (Å²) in [4.78, 5) is 13.3. The van der Waals surface area contributed by atoms with Gasteiger partial charge in [-0.3, -0.25) is 4.79 Å². The molecule has 1 aliphatic heterocycles. The fourth-order valence-electron chi connectivity index (χ4n) is 4.94. The average Bonchev–Trinajstić information content (AvgIpc) is 3.52. The maximum absolute atomic E-state index is 13.3. The smallest absolute Gasteiger partial charge is 0.229 e. The number of carbonyl (C=O) groups is 1. The molecule has 8 heteroatoms. The highest BCUT2D eigenvalue weighted by atomic mass is 32.2. The zero-order chi connectivity index (χ0) is 20.6. The van der Waals surface area contributed by atoms with Gasteiger partial charge in [0, 0.05) is 19.2 Å². The van der Waals surface area contributed by atoms with Crippen LogP contribution in [0.5, 0.6) is 11.5 Å². The van der Waals surface area contributed by atoms with Gasteiger partial charge >= 0.3 is 0 Å². The second-order valence-corrected chi connectivity index (χ2v) is 10.8. The number of carbonyl (C=O) groups excluding carboxylic acids is 1. The van der Waals surface area contributed by atoms with E-state index >= 15 is 0 Å². The van der Waals surface area contributed by atoms with Crippen molar-refractivity contribution in [3.8, 4) is 11.5 Å². The molecule has 7 nitrogen and oxygen atoms in total. The molecule has 2 aliphatic carbocycles. The maximum Gasteiger partial charge on any atom is 0.229 e. The summed E-state index contributed by atoms with van der Waals surface area (Å²) in [6.45, 7) is 0.757. The fourth-order valence-corrected chi connectivity index (χ4v) is 6.89. The molecule has 1 aromatic carbocycles. The Morgan fingerprint density at radius 1 is 1.14 bits per heavy atom. The average molecular weight is 423 g/mol. The minimum Gasteiger partial charge on any atom is -0.497 e. The molecule has 1 amide bonds. The Morgan fingerprint density at radius 3 is 2.48 bits per heavy atom. The highest BCUT2D eigenvalue weighted by molar-refractivity contribution is 7.90. The lowest BCUT2D eigenvalue weighted by Gasteiger charge is -2.37. The van der Waals surface area contributed by atoms with E-state index in [4.69, 9.17) is 9.47 Å². The number of rotatable bonds is 6. The van der Waals surface area contributed by atoms with E-state index in [9.17, 15) is 13.2 Å². The van der Waals surface area contributed by atoms with Crippen molar-refractivity contribution in [2.24, 2.45) is 11.3 Å². The van der Waals surface area contributed by atoms with Crippen LogP contribution in [-0.2, 0) is 14.8 Å². The molecule has 1 spiro atoms. The predicted octanol–water partition coefficient (Wildman–Crippen LogP) is 3.02. The van der Waals surface area contributed by atoms with Crippen LogP contribution in [0.1, 0.15) is 44.9 Å². The van der Waals surface area contributed by atoms with E-state index in [-0.39, 0.29) is 29.0 Å². The topological polar surface area (TPSA) is 84.9 Å². The lowest BCUT2D eigenvalue weighted by molar-refractivity contribution is -0.123. The molecule has 0 aromatic heterocycles. The van der Waals surface area contributed by atoms with Crippen molar-refractivity contribution in [1.29, 1.82) is 0 Å². The molecule has 1 aromatic rings. The van der Waals surface area contributed by atoms with Crippen molar-refractivity contribution in [2.45, 2.75) is 50.2 Å². The number of hydrogen-bond acceptors (Lipinski definition) is 5. The van der Waals surface area contributed by atoms with Crippen LogP contribution in [0.2, 0.25) is 0 Å². The molecule has 3 aliphatic rings. The standard InChI is InChI=1S/C21H30N2O5S/c1-27-15-6-9-18(19(12-15)28-2)22-20(24)17-13-23(29(25,26)16-7-8-16)14-21(17)10-4-3-5-11-21/h6,9,12,16-17H,3-5,7-8,10-11,13-14H2,1-2H3,(H,22,24). The first kappa shape index (κ1) is 20.5. The number of ether oxygens (including phenoxy) is 2. The van der Waals surface area contributed by atoms with Gasteiger partial charge in [-0.25, -0.2) is 12.7 Å². The van der Waals surface area contributed by atoms with E-state index < -0.39 is 10.0 Å². The normalized spacial score (nSPS) is 24.4. The van der Waals surface area contributed by atoms with Gasteiger partial charge in [0.1, 0.15) is 11.5 Å². The van der Waals surface area contributed by atoms with Crippen LogP contribution < -0.4 is 14.8 Å². The number of benzene rings is 1. The summed E-state index contributed by atoms with van der Waals surface area (Å²) in [6.07, 6.45) is 6.54. The monoisotopic (exact) mass is 422 g/mol. The van der Waals surface area contributed by atoms with E-state index in [1.807, 2.05) is 0 Å². The minimum absolute atomic E-state index is 0.121. The Bertz CT molecular complexity index is 875. The Hall–Kier alpha value is -1.80. The lowest BCUT2D eigenvalue weighted by atomic mass is 9.67. The van der Waals surface area contributed by atoms with Crippen LogP contribution in [0.15, 0.2) is 18.2 Å². The van der Waals surface area contributed by atoms with Crippen LogP contribution in [0.4, 0.5) is 5.69 Å². The Balaban J connectivity index is 1.58. The summed E-state index contributed by atoms with van der Waals surface area (Å²) in [5.74, 6) is 0.703. The molecular weight excluding hydrogens is 392 g/mol. The fraction of sp³-hybridized carbons (Fsp3) is 0.667. The van der Waals surface area contributed by atoms with Crippen LogP contribution in [0.25, 0.3) is 0 Å². The number of nitrogens with zero attached hydrogens (tertiary/aromatic N) is 1. The van der Waals surface area contributed by atoms with Gasteiger partial charge in [-0.2, -0.15) is 0 Å². The van der Waals surface area contributed by atoms with Crippen molar-refractivity contribution in [3.63, 3.8) is 0 Å². The highest BCUT2D eigenvalue weighted by Gasteiger charge is 2.55. The highest BCUT2D eigenvalue weighted by Crippen LogP contribution is 2.50. The van der Waals surface area contributed by atoms with Gasteiger partial charge in [0.15, 0.2) is 0 Å². The Labute approximate surface area is 172 Å². The number of sulfonamides is 1. The predicted molar refractivity (Wildman–Crippen MR) is 111 cm³/mol. The summed E-state index contributed by atoms with van der Waals surface area (Å²) < 4.78 is 38.0. The van der Waals surface area contributed by atoms with Gasteiger partial charge in [0.2, 0.25) is 15.9 Å².